The average Bonchev–Trinajstić information content (AvgIpc) is 3.36. The van der Waals surface area contributed by atoms with Crippen LogP contribution in [0.4, 0.5) is 22.7 Å². The normalized spacial score (nSPS) is 26.9. The fraction of sp³-hybridized carbons (Fsp3) is 0.273. The van der Waals surface area contributed by atoms with E-state index in [0.717, 1.165) is 22.6 Å². The third-order valence-corrected chi connectivity index (χ3v) is 6.20. The van der Waals surface area contributed by atoms with Crippen molar-refractivity contribution in [1.82, 2.24) is 0 Å². The SMILES string of the molecule is Cc1cccc(Nc2ccc(N3C(=O)[C@@H]4[C@H](C3=O)[C@H]3C=C[C@H]4C3)cc2[N+](=O)[O-])c1. The molecule has 2 amide bonds. The minimum absolute atomic E-state index is 0.101. The number of rotatable bonds is 4. The second kappa shape index (κ2) is 6.27. The quantitative estimate of drug-likeness (QED) is 0.370. The minimum Gasteiger partial charge on any atom is -0.350 e. The number of imide groups is 1. The summed E-state index contributed by atoms with van der Waals surface area (Å²) >= 11 is 0. The minimum atomic E-state index is -0.501. The van der Waals surface area contributed by atoms with E-state index in [-0.39, 0.29) is 46.9 Å². The Morgan fingerprint density at radius 3 is 2.34 bits per heavy atom. The van der Waals surface area contributed by atoms with Gasteiger partial charge in [-0.05, 0) is 55.0 Å². The van der Waals surface area contributed by atoms with E-state index in [0.29, 0.717) is 5.69 Å². The van der Waals surface area contributed by atoms with E-state index >= 15 is 0 Å². The molecule has 0 radical (unpaired) electrons. The van der Waals surface area contributed by atoms with Crippen molar-refractivity contribution in [2.75, 3.05) is 10.2 Å². The summed E-state index contributed by atoms with van der Waals surface area (Å²) in [5, 5.41) is 14.7. The predicted molar refractivity (Wildman–Crippen MR) is 108 cm³/mol. The van der Waals surface area contributed by atoms with Crippen LogP contribution in [0.25, 0.3) is 0 Å². The summed E-state index contributed by atoms with van der Waals surface area (Å²) < 4.78 is 0. The molecule has 7 nitrogen and oxygen atoms in total. The highest BCUT2D eigenvalue weighted by Crippen LogP contribution is 2.53. The topological polar surface area (TPSA) is 92.6 Å². The summed E-state index contributed by atoms with van der Waals surface area (Å²) in [7, 11) is 0. The third-order valence-electron chi connectivity index (χ3n) is 6.20. The fourth-order valence-corrected chi connectivity index (χ4v) is 4.95. The number of fused-ring (bicyclic) bond motifs is 5. The second-order valence-electron chi connectivity index (χ2n) is 7.96. The van der Waals surface area contributed by atoms with Crippen LogP contribution in [0.2, 0.25) is 0 Å². The van der Waals surface area contributed by atoms with E-state index in [2.05, 4.69) is 5.32 Å². The number of aryl methyl sites for hydroxylation is 1. The van der Waals surface area contributed by atoms with E-state index in [1.54, 1.807) is 12.1 Å². The van der Waals surface area contributed by atoms with Crippen LogP contribution in [0.15, 0.2) is 54.6 Å². The number of hydrogen-bond acceptors (Lipinski definition) is 5. The molecule has 2 fully saturated rings. The van der Waals surface area contributed by atoms with E-state index in [4.69, 9.17) is 0 Å². The number of carbonyl (C=O) groups is 2. The van der Waals surface area contributed by atoms with Gasteiger partial charge in [0, 0.05) is 11.8 Å². The highest BCUT2D eigenvalue weighted by Gasteiger charge is 2.59. The van der Waals surface area contributed by atoms with Crippen LogP contribution in [-0.2, 0) is 9.59 Å². The number of carbonyl (C=O) groups excluding carboxylic acids is 2. The van der Waals surface area contributed by atoms with E-state index < -0.39 is 4.92 Å². The van der Waals surface area contributed by atoms with Crippen molar-refractivity contribution in [3.63, 3.8) is 0 Å². The first-order chi connectivity index (χ1) is 13.9. The maximum Gasteiger partial charge on any atom is 0.294 e. The summed E-state index contributed by atoms with van der Waals surface area (Å²) in [4.78, 5) is 38.3. The van der Waals surface area contributed by atoms with Gasteiger partial charge in [-0.15, -0.1) is 0 Å². The number of nitrogens with zero attached hydrogens (tertiary/aromatic N) is 2. The van der Waals surface area contributed by atoms with Crippen LogP contribution < -0.4 is 10.2 Å². The molecule has 1 saturated heterocycles. The molecule has 2 bridgehead atoms. The molecule has 4 atom stereocenters. The Labute approximate surface area is 167 Å². The van der Waals surface area contributed by atoms with E-state index in [9.17, 15) is 19.7 Å². The standard InChI is InChI=1S/C22H19N3O4/c1-12-3-2-4-15(9-12)23-17-8-7-16(11-18(17)25(28)29)24-21(26)19-13-5-6-14(10-13)20(19)22(24)27/h2-9,11,13-14,19-20,23H,10H2,1H3/t13-,14-,19-,20+/m0/s1. The van der Waals surface area contributed by atoms with Crippen LogP contribution >= 0.6 is 0 Å². The molecule has 29 heavy (non-hydrogen) atoms. The first-order valence-electron chi connectivity index (χ1n) is 9.62. The Morgan fingerprint density at radius 2 is 1.72 bits per heavy atom. The molecule has 2 aromatic carbocycles. The molecule has 7 heteroatoms. The van der Waals surface area contributed by atoms with Gasteiger partial charge < -0.3 is 5.32 Å². The molecular formula is C22H19N3O4. The fourth-order valence-electron chi connectivity index (χ4n) is 4.95. The van der Waals surface area contributed by atoms with Crippen molar-refractivity contribution in [3.8, 4) is 0 Å². The van der Waals surface area contributed by atoms with Crippen molar-refractivity contribution in [2.24, 2.45) is 23.7 Å². The molecule has 2 aromatic rings. The maximum absolute atomic E-state index is 13.0. The zero-order valence-electron chi connectivity index (χ0n) is 15.7. The van der Waals surface area contributed by atoms with Crippen molar-refractivity contribution in [3.05, 3.63) is 70.3 Å². The van der Waals surface area contributed by atoms with Gasteiger partial charge in [0.05, 0.1) is 22.4 Å². The number of nitro groups is 1. The van der Waals surface area contributed by atoms with E-state index in [1.807, 2.05) is 43.3 Å². The highest BCUT2D eigenvalue weighted by molar-refractivity contribution is 6.23. The lowest BCUT2D eigenvalue weighted by Gasteiger charge is -2.18. The number of benzene rings is 2. The van der Waals surface area contributed by atoms with Gasteiger partial charge >= 0.3 is 0 Å². The van der Waals surface area contributed by atoms with Gasteiger partial charge in [-0.1, -0.05) is 24.3 Å². The largest absolute Gasteiger partial charge is 0.350 e. The monoisotopic (exact) mass is 389 g/mol. The first kappa shape index (κ1) is 17.6. The third kappa shape index (κ3) is 2.65. The zero-order chi connectivity index (χ0) is 20.3. The van der Waals surface area contributed by atoms with Crippen LogP contribution in [0.1, 0.15) is 12.0 Å². The number of nitrogens with one attached hydrogen (secondary N) is 1. The molecular weight excluding hydrogens is 370 g/mol. The lowest BCUT2D eigenvalue weighted by Crippen LogP contribution is -2.32. The van der Waals surface area contributed by atoms with Crippen LogP contribution in [0.3, 0.4) is 0 Å². The number of hydrogen-bond donors (Lipinski definition) is 1. The molecule has 2 aliphatic carbocycles. The van der Waals surface area contributed by atoms with Crippen molar-refractivity contribution in [2.45, 2.75) is 13.3 Å². The number of amides is 2. The molecule has 5 rings (SSSR count). The summed E-state index contributed by atoms with van der Waals surface area (Å²) in [6.07, 6.45) is 4.90. The smallest absolute Gasteiger partial charge is 0.294 e. The Balaban J connectivity index is 1.49. The van der Waals surface area contributed by atoms with Gasteiger partial charge in [0.15, 0.2) is 0 Å². The van der Waals surface area contributed by atoms with Crippen molar-refractivity contribution >= 4 is 34.6 Å². The highest BCUT2D eigenvalue weighted by atomic mass is 16.6. The summed E-state index contributed by atoms with van der Waals surface area (Å²) in [6, 6.07) is 12.0. The Kier molecular flexibility index (Phi) is 3.81. The summed E-state index contributed by atoms with van der Waals surface area (Å²) in [5.74, 6) is -0.952. The maximum atomic E-state index is 13.0. The number of nitro benzene ring substituents is 1. The molecule has 0 unspecified atom stereocenters. The Hall–Kier alpha value is -3.48. The first-order valence-corrected chi connectivity index (χ1v) is 9.62. The second-order valence-corrected chi connectivity index (χ2v) is 7.96. The lowest BCUT2D eigenvalue weighted by molar-refractivity contribution is -0.383. The van der Waals surface area contributed by atoms with Crippen LogP contribution in [0, 0.1) is 40.7 Å². The molecule has 0 spiro atoms. The van der Waals surface area contributed by atoms with Gasteiger partial charge in [-0.25, -0.2) is 4.90 Å². The predicted octanol–water partition coefficient (Wildman–Crippen LogP) is 3.96. The summed E-state index contributed by atoms with van der Waals surface area (Å²) in [5.41, 5.74) is 2.15. The molecule has 1 N–H and O–H groups in total. The number of allylic oxidation sites excluding steroid dienone is 2. The molecule has 146 valence electrons. The molecule has 3 aliphatic rings. The van der Waals surface area contributed by atoms with Gasteiger partial charge in [0.25, 0.3) is 5.69 Å². The zero-order valence-corrected chi connectivity index (χ0v) is 15.7. The van der Waals surface area contributed by atoms with Gasteiger partial charge in [-0.2, -0.15) is 0 Å². The Bertz CT molecular complexity index is 1060. The van der Waals surface area contributed by atoms with Crippen molar-refractivity contribution in [1.29, 1.82) is 0 Å². The van der Waals surface area contributed by atoms with Gasteiger partial charge in [-0.3, -0.25) is 19.7 Å². The van der Waals surface area contributed by atoms with Crippen LogP contribution in [0.5, 0.6) is 0 Å². The number of anilines is 3. The van der Waals surface area contributed by atoms with Crippen molar-refractivity contribution < 1.29 is 14.5 Å². The molecule has 1 saturated carbocycles. The lowest BCUT2D eigenvalue weighted by atomic mass is 9.85. The van der Waals surface area contributed by atoms with E-state index in [1.165, 1.54) is 6.07 Å². The van der Waals surface area contributed by atoms with Gasteiger partial charge in [0.2, 0.25) is 11.8 Å². The molecule has 0 aromatic heterocycles. The van der Waals surface area contributed by atoms with Gasteiger partial charge in [0.1, 0.15) is 5.69 Å². The molecule has 1 heterocycles. The van der Waals surface area contributed by atoms with Crippen LogP contribution in [-0.4, -0.2) is 16.7 Å². The summed E-state index contributed by atoms with van der Waals surface area (Å²) in [6.45, 7) is 1.94. The average molecular weight is 389 g/mol. The molecule has 1 aliphatic heterocycles. The Morgan fingerprint density at radius 1 is 1.03 bits per heavy atom.